The SMILES string of the molecule is Cc1cc(F)cc(C(N)c2cc3cccc(Cl)c3o2)c1. The predicted molar refractivity (Wildman–Crippen MR) is 78.4 cm³/mol. The third kappa shape index (κ3) is 2.30. The Bertz CT molecular complexity index is 761. The molecule has 0 amide bonds. The summed E-state index contributed by atoms with van der Waals surface area (Å²) in [5.74, 6) is 0.266. The van der Waals surface area contributed by atoms with Crippen LogP contribution in [0, 0.1) is 12.7 Å². The molecule has 2 nitrogen and oxygen atoms in total. The number of hydrogen-bond donors (Lipinski definition) is 1. The fourth-order valence-corrected chi connectivity index (χ4v) is 2.53. The first-order chi connectivity index (χ1) is 9.54. The Kier molecular flexibility index (Phi) is 3.24. The molecule has 0 spiro atoms. The van der Waals surface area contributed by atoms with Gasteiger partial charge in [-0.15, -0.1) is 0 Å². The minimum atomic E-state index is -0.520. The van der Waals surface area contributed by atoms with Gasteiger partial charge in [0, 0.05) is 5.39 Å². The van der Waals surface area contributed by atoms with Crippen LogP contribution in [0.1, 0.15) is 22.9 Å². The number of furan rings is 1. The molecule has 0 saturated carbocycles. The Morgan fingerprint density at radius 3 is 2.70 bits per heavy atom. The van der Waals surface area contributed by atoms with Gasteiger partial charge in [0.15, 0.2) is 5.58 Å². The molecular weight excluding hydrogens is 277 g/mol. The molecule has 0 fully saturated rings. The van der Waals surface area contributed by atoms with Gasteiger partial charge < -0.3 is 10.2 Å². The van der Waals surface area contributed by atoms with E-state index in [0.29, 0.717) is 21.9 Å². The van der Waals surface area contributed by atoms with Crippen LogP contribution in [0.5, 0.6) is 0 Å². The second-order valence-corrected chi connectivity index (χ2v) is 5.25. The lowest BCUT2D eigenvalue weighted by atomic mass is 10.0. The Morgan fingerprint density at radius 1 is 1.20 bits per heavy atom. The average molecular weight is 290 g/mol. The summed E-state index contributed by atoms with van der Waals surface area (Å²) in [5.41, 5.74) is 8.27. The molecule has 3 aromatic rings. The average Bonchev–Trinajstić information content (AvgIpc) is 2.82. The van der Waals surface area contributed by atoms with E-state index in [-0.39, 0.29) is 5.82 Å². The van der Waals surface area contributed by atoms with Crippen LogP contribution in [0.2, 0.25) is 5.02 Å². The third-order valence-electron chi connectivity index (χ3n) is 3.25. The Hall–Kier alpha value is -1.84. The molecule has 1 aromatic heterocycles. The summed E-state index contributed by atoms with van der Waals surface area (Å²) in [6.07, 6.45) is 0. The van der Waals surface area contributed by atoms with Crippen LogP contribution in [0.4, 0.5) is 4.39 Å². The molecule has 2 aromatic carbocycles. The van der Waals surface area contributed by atoms with Crippen molar-refractivity contribution in [2.24, 2.45) is 5.73 Å². The number of benzene rings is 2. The highest BCUT2D eigenvalue weighted by molar-refractivity contribution is 6.34. The maximum Gasteiger partial charge on any atom is 0.152 e. The lowest BCUT2D eigenvalue weighted by Crippen LogP contribution is -2.11. The fourth-order valence-electron chi connectivity index (χ4n) is 2.31. The second-order valence-electron chi connectivity index (χ2n) is 4.85. The summed E-state index contributed by atoms with van der Waals surface area (Å²) in [4.78, 5) is 0. The summed E-state index contributed by atoms with van der Waals surface area (Å²) in [6.45, 7) is 1.83. The summed E-state index contributed by atoms with van der Waals surface area (Å²) >= 11 is 6.08. The highest BCUT2D eigenvalue weighted by Gasteiger charge is 2.16. The van der Waals surface area contributed by atoms with E-state index in [4.69, 9.17) is 21.8 Å². The van der Waals surface area contributed by atoms with E-state index in [1.165, 1.54) is 12.1 Å². The zero-order valence-corrected chi connectivity index (χ0v) is 11.6. The van der Waals surface area contributed by atoms with Crippen molar-refractivity contribution in [2.75, 3.05) is 0 Å². The molecule has 102 valence electrons. The van der Waals surface area contributed by atoms with E-state index in [1.54, 1.807) is 6.07 Å². The summed E-state index contributed by atoms with van der Waals surface area (Å²) in [6, 6.07) is 11.6. The molecule has 2 N–H and O–H groups in total. The van der Waals surface area contributed by atoms with Crippen LogP contribution < -0.4 is 5.73 Å². The molecular formula is C16H13ClFNO. The van der Waals surface area contributed by atoms with Gasteiger partial charge in [0.1, 0.15) is 11.6 Å². The smallest absolute Gasteiger partial charge is 0.152 e. The van der Waals surface area contributed by atoms with Crippen LogP contribution in [-0.4, -0.2) is 0 Å². The number of hydrogen-bond acceptors (Lipinski definition) is 2. The van der Waals surface area contributed by atoms with Gasteiger partial charge in [0.2, 0.25) is 0 Å². The number of para-hydroxylation sites is 1. The van der Waals surface area contributed by atoms with Crippen molar-refractivity contribution in [2.45, 2.75) is 13.0 Å². The van der Waals surface area contributed by atoms with E-state index in [1.807, 2.05) is 31.2 Å². The Morgan fingerprint density at radius 2 is 2.00 bits per heavy atom. The molecule has 0 radical (unpaired) electrons. The topological polar surface area (TPSA) is 39.2 Å². The minimum Gasteiger partial charge on any atom is -0.457 e. The van der Waals surface area contributed by atoms with Crippen LogP contribution in [0.3, 0.4) is 0 Å². The van der Waals surface area contributed by atoms with Crippen molar-refractivity contribution >= 4 is 22.6 Å². The predicted octanol–water partition coefficient (Wildman–Crippen LogP) is 4.58. The molecule has 0 aliphatic carbocycles. The van der Waals surface area contributed by atoms with Gasteiger partial charge in [0.25, 0.3) is 0 Å². The number of halogens is 2. The molecule has 1 unspecified atom stereocenters. The van der Waals surface area contributed by atoms with Crippen LogP contribution in [-0.2, 0) is 0 Å². The van der Waals surface area contributed by atoms with Gasteiger partial charge in [-0.05, 0) is 42.3 Å². The van der Waals surface area contributed by atoms with Gasteiger partial charge in [-0.25, -0.2) is 4.39 Å². The first-order valence-corrected chi connectivity index (χ1v) is 6.63. The summed E-state index contributed by atoms with van der Waals surface area (Å²) in [7, 11) is 0. The van der Waals surface area contributed by atoms with E-state index >= 15 is 0 Å². The zero-order chi connectivity index (χ0) is 14.3. The van der Waals surface area contributed by atoms with Gasteiger partial charge in [-0.1, -0.05) is 29.8 Å². The zero-order valence-electron chi connectivity index (χ0n) is 10.9. The van der Waals surface area contributed by atoms with Gasteiger partial charge >= 0.3 is 0 Å². The molecule has 1 atom stereocenters. The number of rotatable bonds is 2. The van der Waals surface area contributed by atoms with Crippen molar-refractivity contribution in [3.05, 3.63) is 70.2 Å². The molecule has 1 heterocycles. The minimum absolute atomic E-state index is 0.301. The van der Waals surface area contributed by atoms with Crippen molar-refractivity contribution in [3.63, 3.8) is 0 Å². The highest BCUT2D eigenvalue weighted by Crippen LogP contribution is 2.31. The van der Waals surface area contributed by atoms with Crippen LogP contribution in [0.25, 0.3) is 11.0 Å². The maximum atomic E-state index is 13.5. The number of nitrogens with two attached hydrogens (primary N) is 1. The van der Waals surface area contributed by atoms with Crippen molar-refractivity contribution in [1.29, 1.82) is 0 Å². The molecule has 0 bridgehead atoms. The van der Waals surface area contributed by atoms with E-state index < -0.39 is 6.04 Å². The van der Waals surface area contributed by atoms with E-state index in [0.717, 1.165) is 10.9 Å². The number of fused-ring (bicyclic) bond motifs is 1. The summed E-state index contributed by atoms with van der Waals surface area (Å²) < 4.78 is 19.2. The summed E-state index contributed by atoms with van der Waals surface area (Å²) in [5, 5.41) is 1.42. The lowest BCUT2D eigenvalue weighted by Gasteiger charge is -2.10. The Labute approximate surface area is 121 Å². The maximum absolute atomic E-state index is 13.5. The van der Waals surface area contributed by atoms with E-state index in [9.17, 15) is 4.39 Å². The van der Waals surface area contributed by atoms with Gasteiger partial charge in [-0.2, -0.15) is 0 Å². The molecule has 0 aliphatic heterocycles. The van der Waals surface area contributed by atoms with Crippen molar-refractivity contribution in [3.8, 4) is 0 Å². The quantitative estimate of drug-likeness (QED) is 0.750. The fraction of sp³-hybridized carbons (Fsp3) is 0.125. The molecule has 0 aliphatic rings. The largest absolute Gasteiger partial charge is 0.457 e. The number of aryl methyl sites for hydroxylation is 1. The molecule has 3 rings (SSSR count). The molecule has 20 heavy (non-hydrogen) atoms. The first kappa shape index (κ1) is 13.2. The molecule has 0 saturated heterocycles. The van der Waals surface area contributed by atoms with Gasteiger partial charge in [-0.3, -0.25) is 0 Å². The highest BCUT2D eigenvalue weighted by atomic mass is 35.5. The van der Waals surface area contributed by atoms with Crippen LogP contribution in [0.15, 0.2) is 46.9 Å². The third-order valence-corrected chi connectivity index (χ3v) is 3.54. The normalized spacial score (nSPS) is 12.8. The Balaban J connectivity index is 2.07. The van der Waals surface area contributed by atoms with Crippen LogP contribution >= 0.6 is 11.6 Å². The second kappa shape index (κ2) is 4.93. The van der Waals surface area contributed by atoms with E-state index in [2.05, 4.69) is 0 Å². The monoisotopic (exact) mass is 289 g/mol. The lowest BCUT2D eigenvalue weighted by molar-refractivity contribution is 0.523. The standard InChI is InChI=1S/C16H13ClFNO/c1-9-5-11(7-12(18)6-9)15(19)14-8-10-3-2-4-13(17)16(10)20-14/h2-8,15H,19H2,1H3. The van der Waals surface area contributed by atoms with Crippen molar-refractivity contribution < 1.29 is 8.81 Å². The van der Waals surface area contributed by atoms with Crippen molar-refractivity contribution in [1.82, 2.24) is 0 Å². The molecule has 4 heteroatoms. The first-order valence-electron chi connectivity index (χ1n) is 6.25. The van der Waals surface area contributed by atoms with Gasteiger partial charge in [0.05, 0.1) is 11.1 Å².